The van der Waals surface area contributed by atoms with E-state index in [4.69, 9.17) is 14.2 Å². The van der Waals surface area contributed by atoms with Crippen molar-refractivity contribution in [3.05, 3.63) is 97.6 Å². The summed E-state index contributed by atoms with van der Waals surface area (Å²) in [4.78, 5) is 22.7. The van der Waals surface area contributed by atoms with E-state index in [9.17, 15) is 14.7 Å². The van der Waals surface area contributed by atoms with Gasteiger partial charge in [0.15, 0.2) is 6.61 Å². The van der Waals surface area contributed by atoms with E-state index in [0.717, 1.165) is 28.3 Å². The average molecular weight is 444 g/mol. The number of aliphatic hydroxyl groups is 1. The predicted octanol–water partition coefficient (Wildman–Crippen LogP) is 4.93. The van der Waals surface area contributed by atoms with Crippen LogP contribution in [0.5, 0.6) is 11.5 Å². The van der Waals surface area contributed by atoms with Gasteiger partial charge in [0, 0.05) is 11.6 Å². The molecule has 0 amide bonds. The zero-order valence-electron chi connectivity index (χ0n) is 18.2. The van der Waals surface area contributed by atoms with Crippen LogP contribution < -0.4 is 9.47 Å². The maximum atomic E-state index is 11.7. The molecule has 0 aromatic heterocycles. The lowest BCUT2D eigenvalue weighted by Crippen LogP contribution is -2.23. The van der Waals surface area contributed by atoms with Crippen LogP contribution in [0.15, 0.2) is 97.6 Å². The Morgan fingerprint density at radius 3 is 1.97 bits per heavy atom. The fourth-order valence-corrected chi connectivity index (χ4v) is 2.92. The van der Waals surface area contributed by atoms with Crippen LogP contribution in [-0.2, 0) is 14.3 Å². The summed E-state index contributed by atoms with van der Waals surface area (Å²) in [5.74, 6) is -0.185. The van der Waals surface area contributed by atoms with Gasteiger partial charge in [0.05, 0.1) is 0 Å². The largest absolute Gasteiger partial charge is 0.461 e. The molecule has 6 nitrogen and oxygen atoms in total. The van der Waals surface area contributed by atoms with Crippen molar-refractivity contribution in [2.24, 2.45) is 0 Å². The molecule has 1 atom stereocenters. The Hall–Kier alpha value is -4.16. The first-order valence-corrected chi connectivity index (χ1v) is 10.2. The molecule has 0 saturated carbocycles. The topological polar surface area (TPSA) is 82.1 Å². The van der Waals surface area contributed by atoms with Crippen molar-refractivity contribution in [1.29, 1.82) is 0 Å². The summed E-state index contributed by atoms with van der Waals surface area (Å²) in [6.45, 7) is 8.17. The summed E-state index contributed by atoms with van der Waals surface area (Å²) in [6.07, 6.45) is -0.261. The van der Waals surface area contributed by atoms with Crippen LogP contribution in [-0.4, -0.2) is 29.9 Å². The molecule has 0 bridgehead atoms. The minimum Gasteiger partial charge on any atom is -0.461 e. The second-order valence-corrected chi connectivity index (χ2v) is 7.21. The quantitative estimate of drug-likeness (QED) is 0.218. The van der Waals surface area contributed by atoms with Gasteiger partial charge < -0.3 is 19.3 Å². The molecule has 6 heteroatoms. The standard InChI is InChI=1S/C27H24O6/c1-4-25(28)31-17-26(29)32-23-12-8-19(9-13-23)21-6-5-7-22(16-21)20-10-14-24(15-11-20)33-27(30)18(2)3/h4-16,26,29H,1-2,17H2,3H3. The molecule has 33 heavy (non-hydrogen) atoms. The fourth-order valence-electron chi connectivity index (χ4n) is 2.92. The van der Waals surface area contributed by atoms with E-state index in [2.05, 4.69) is 13.2 Å². The first kappa shape index (κ1) is 23.5. The van der Waals surface area contributed by atoms with Gasteiger partial charge in [0.25, 0.3) is 0 Å². The van der Waals surface area contributed by atoms with E-state index in [1.165, 1.54) is 0 Å². The number of aliphatic hydroxyl groups excluding tert-OH is 1. The van der Waals surface area contributed by atoms with E-state index >= 15 is 0 Å². The van der Waals surface area contributed by atoms with Crippen molar-refractivity contribution >= 4 is 11.9 Å². The van der Waals surface area contributed by atoms with Gasteiger partial charge in [0.1, 0.15) is 11.5 Å². The summed E-state index contributed by atoms with van der Waals surface area (Å²) in [5, 5.41) is 9.82. The number of benzene rings is 3. The number of esters is 2. The third-order valence-electron chi connectivity index (χ3n) is 4.60. The smallest absolute Gasteiger partial charge is 0.338 e. The number of rotatable bonds is 9. The van der Waals surface area contributed by atoms with Crippen molar-refractivity contribution < 1.29 is 28.9 Å². The Labute approximate surface area is 192 Å². The van der Waals surface area contributed by atoms with Crippen molar-refractivity contribution in [3.8, 4) is 33.8 Å². The number of hydrogen-bond donors (Lipinski definition) is 1. The molecule has 3 aromatic rings. The molecule has 3 aromatic carbocycles. The summed E-state index contributed by atoms with van der Waals surface area (Å²) in [7, 11) is 0. The van der Waals surface area contributed by atoms with Crippen LogP contribution in [0, 0.1) is 0 Å². The Bertz CT molecular complexity index is 1150. The van der Waals surface area contributed by atoms with Crippen LogP contribution >= 0.6 is 0 Å². The van der Waals surface area contributed by atoms with Gasteiger partial charge in [-0.15, -0.1) is 0 Å². The van der Waals surface area contributed by atoms with Gasteiger partial charge in [-0.3, -0.25) is 0 Å². The number of ether oxygens (including phenoxy) is 3. The second-order valence-electron chi connectivity index (χ2n) is 7.21. The van der Waals surface area contributed by atoms with E-state index in [1.807, 2.05) is 48.5 Å². The van der Waals surface area contributed by atoms with Crippen molar-refractivity contribution in [2.75, 3.05) is 6.61 Å². The van der Waals surface area contributed by atoms with E-state index in [0.29, 0.717) is 17.1 Å². The van der Waals surface area contributed by atoms with Gasteiger partial charge in [-0.25, -0.2) is 9.59 Å². The summed E-state index contributed by atoms with van der Waals surface area (Å²) >= 11 is 0. The molecule has 0 heterocycles. The number of carbonyl (C=O) groups excluding carboxylic acids is 2. The van der Waals surface area contributed by atoms with Gasteiger partial charge in [-0.1, -0.05) is 55.6 Å². The maximum absolute atomic E-state index is 11.7. The molecule has 1 N–H and O–H groups in total. The molecule has 0 aliphatic heterocycles. The lowest BCUT2D eigenvalue weighted by Gasteiger charge is -2.13. The molecule has 0 aliphatic carbocycles. The minimum atomic E-state index is -1.28. The van der Waals surface area contributed by atoms with Gasteiger partial charge >= 0.3 is 11.9 Å². The van der Waals surface area contributed by atoms with Crippen molar-refractivity contribution in [2.45, 2.75) is 13.2 Å². The lowest BCUT2D eigenvalue weighted by molar-refractivity contribution is -0.147. The predicted molar refractivity (Wildman–Crippen MR) is 126 cm³/mol. The van der Waals surface area contributed by atoms with Crippen molar-refractivity contribution in [1.82, 2.24) is 0 Å². The third kappa shape index (κ3) is 6.66. The highest BCUT2D eigenvalue weighted by Gasteiger charge is 2.10. The Balaban J connectivity index is 1.68. The molecule has 1 unspecified atom stereocenters. The zero-order valence-corrected chi connectivity index (χ0v) is 18.2. The number of hydrogen-bond acceptors (Lipinski definition) is 6. The summed E-state index contributed by atoms with van der Waals surface area (Å²) in [6, 6.07) is 22.5. The highest BCUT2D eigenvalue weighted by atomic mass is 16.6. The third-order valence-corrected chi connectivity index (χ3v) is 4.60. The minimum absolute atomic E-state index is 0.292. The zero-order chi connectivity index (χ0) is 23.8. The lowest BCUT2D eigenvalue weighted by atomic mass is 9.99. The average Bonchev–Trinajstić information content (AvgIpc) is 2.83. The van der Waals surface area contributed by atoms with Crippen LogP contribution in [0.3, 0.4) is 0 Å². The van der Waals surface area contributed by atoms with Crippen LogP contribution in [0.25, 0.3) is 22.3 Å². The van der Waals surface area contributed by atoms with Crippen LogP contribution in [0.4, 0.5) is 0 Å². The van der Waals surface area contributed by atoms with Gasteiger partial charge in [0.2, 0.25) is 6.29 Å². The Kier molecular flexibility index (Phi) is 7.78. The highest BCUT2D eigenvalue weighted by Crippen LogP contribution is 2.29. The molecular formula is C27H24O6. The number of carbonyl (C=O) groups is 2. The van der Waals surface area contributed by atoms with Gasteiger partial charge in [-0.05, 0) is 59.5 Å². The van der Waals surface area contributed by atoms with E-state index in [1.54, 1.807) is 31.2 Å². The first-order chi connectivity index (χ1) is 15.9. The normalized spacial score (nSPS) is 11.2. The van der Waals surface area contributed by atoms with Gasteiger partial charge in [-0.2, -0.15) is 0 Å². The summed E-state index contributed by atoms with van der Waals surface area (Å²) in [5.41, 5.74) is 4.28. The maximum Gasteiger partial charge on any atom is 0.338 e. The monoisotopic (exact) mass is 444 g/mol. The Morgan fingerprint density at radius 1 is 0.909 bits per heavy atom. The SMILES string of the molecule is C=CC(=O)OCC(O)Oc1ccc(-c2cccc(-c3ccc(OC(=O)C(=C)C)cc3)c2)cc1. The molecule has 0 spiro atoms. The highest BCUT2D eigenvalue weighted by molar-refractivity contribution is 5.88. The summed E-state index contributed by atoms with van der Waals surface area (Å²) < 4.78 is 15.3. The molecule has 168 valence electrons. The molecule has 0 fully saturated rings. The molecule has 0 saturated heterocycles. The molecular weight excluding hydrogens is 420 g/mol. The Morgan fingerprint density at radius 2 is 1.45 bits per heavy atom. The van der Waals surface area contributed by atoms with E-state index in [-0.39, 0.29) is 6.61 Å². The van der Waals surface area contributed by atoms with Crippen molar-refractivity contribution in [3.63, 3.8) is 0 Å². The van der Waals surface area contributed by atoms with Crippen LogP contribution in [0.2, 0.25) is 0 Å². The fraction of sp³-hybridized carbons (Fsp3) is 0.111. The second kappa shape index (κ2) is 10.9. The molecule has 0 aliphatic rings. The first-order valence-electron chi connectivity index (χ1n) is 10.2. The molecule has 0 radical (unpaired) electrons. The molecule has 3 rings (SSSR count). The van der Waals surface area contributed by atoms with E-state index < -0.39 is 18.2 Å². The van der Waals surface area contributed by atoms with Crippen LogP contribution in [0.1, 0.15) is 6.92 Å².